The Hall–Kier alpha value is -2.37. The molecule has 4 N–H and O–H groups in total. The Morgan fingerprint density at radius 3 is 2.81 bits per heavy atom. The van der Waals surface area contributed by atoms with E-state index in [-0.39, 0.29) is 11.4 Å². The average Bonchev–Trinajstić information content (AvgIpc) is 2.71. The largest absolute Gasteiger partial charge is 0.508 e. The Morgan fingerprint density at radius 2 is 2.19 bits per heavy atom. The standard InChI is InChI=1S/C10H10N4O2/c1-5-2-3-6(4-7(5)15)8-9(10(11)16)13-14-12-8/h2-4,15H,1H3,(H2,11,16)(H,12,13,14). The zero-order chi connectivity index (χ0) is 11.7. The first-order valence-corrected chi connectivity index (χ1v) is 4.60. The van der Waals surface area contributed by atoms with Crippen molar-refractivity contribution in [1.29, 1.82) is 0 Å². The summed E-state index contributed by atoms with van der Waals surface area (Å²) in [5.41, 5.74) is 6.87. The van der Waals surface area contributed by atoms with E-state index >= 15 is 0 Å². The summed E-state index contributed by atoms with van der Waals surface area (Å²) in [5, 5.41) is 19.4. The van der Waals surface area contributed by atoms with Gasteiger partial charge in [-0.15, -0.1) is 0 Å². The molecular formula is C10H10N4O2. The second kappa shape index (κ2) is 3.65. The molecule has 0 atom stereocenters. The van der Waals surface area contributed by atoms with E-state index in [9.17, 15) is 9.90 Å². The summed E-state index contributed by atoms with van der Waals surface area (Å²) in [4.78, 5) is 11.0. The number of nitrogens with one attached hydrogen (secondary N) is 1. The number of benzene rings is 1. The van der Waals surface area contributed by atoms with Crippen LogP contribution in [0.4, 0.5) is 0 Å². The fraction of sp³-hybridized carbons (Fsp3) is 0.100. The third-order valence-electron chi connectivity index (χ3n) is 2.26. The molecule has 0 fully saturated rings. The van der Waals surface area contributed by atoms with Crippen LogP contribution in [0.3, 0.4) is 0 Å². The lowest BCUT2D eigenvalue weighted by molar-refractivity contribution is 0.0996. The Balaban J connectivity index is 2.54. The van der Waals surface area contributed by atoms with Crippen LogP contribution in [0.15, 0.2) is 18.2 Å². The van der Waals surface area contributed by atoms with Crippen molar-refractivity contribution in [2.24, 2.45) is 5.73 Å². The maximum absolute atomic E-state index is 11.0. The smallest absolute Gasteiger partial charge is 0.271 e. The van der Waals surface area contributed by atoms with Gasteiger partial charge in [0.25, 0.3) is 5.91 Å². The molecule has 2 aromatic rings. The molecule has 0 bridgehead atoms. The summed E-state index contributed by atoms with van der Waals surface area (Å²) in [6.45, 7) is 1.77. The van der Waals surface area contributed by atoms with Gasteiger partial charge in [0.05, 0.1) is 0 Å². The summed E-state index contributed by atoms with van der Waals surface area (Å²) in [5.74, 6) is -0.528. The van der Waals surface area contributed by atoms with Crippen molar-refractivity contribution in [2.75, 3.05) is 0 Å². The third kappa shape index (κ3) is 1.60. The van der Waals surface area contributed by atoms with Gasteiger partial charge in [-0.25, -0.2) is 0 Å². The van der Waals surface area contributed by atoms with Crippen LogP contribution >= 0.6 is 0 Å². The van der Waals surface area contributed by atoms with E-state index in [2.05, 4.69) is 15.4 Å². The zero-order valence-corrected chi connectivity index (χ0v) is 8.56. The van der Waals surface area contributed by atoms with Crippen LogP contribution in [-0.4, -0.2) is 26.4 Å². The number of H-pyrrole nitrogens is 1. The van der Waals surface area contributed by atoms with Gasteiger partial charge in [0.2, 0.25) is 0 Å². The molecule has 0 unspecified atom stereocenters. The van der Waals surface area contributed by atoms with Crippen LogP contribution in [0.25, 0.3) is 11.3 Å². The normalized spacial score (nSPS) is 10.3. The van der Waals surface area contributed by atoms with Crippen molar-refractivity contribution in [3.63, 3.8) is 0 Å². The molecule has 0 aliphatic heterocycles. The SMILES string of the molecule is Cc1ccc(-c2n[nH]nc2C(N)=O)cc1O. The van der Waals surface area contributed by atoms with Crippen molar-refractivity contribution in [3.05, 3.63) is 29.5 Å². The highest BCUT2D eigenvalue weighted by atomic mass is 16.3. The summed E-state index contributed by atoms with van der Waals surface area (Å²) < 4.78 is 0. The first-order chi connectivity index (χ1) is 7.59. The van der Waals surface area contributed by atoms with Crippen LogP contribution in [0, 0.1) is 6.92 Å². The first kappa shape index (κ1) is 10.2. The predicted octanol–water partition coefficient (Wildman–Crippen LogP) is 0.585. The molecule has 1 aromatic carbocycles. The van der Waals surface area contributed by atoms with Crippen LogP contribution in [-0.2, 0) is 0 Å². The molecular weight excluding hydrogens is 208 g/mol. The maximum Gasteiger partial charge on any atom is 0.271 e. The van der Waals surface area contributed by atoms with Crippen molar-refractivity contribution >= 4 is 5.91 Å². The van der Waals surface area contributed by atoms with Crippen molar-refractivity contribution in [2.45, 2.75) is 6.92 Å². The monoisotopic (exact) mass is 218 g/mol. The summed E-state index contributed by atoms with van der Waals surface area (Å²) in [6, 6.07) is 4.98. The fourth-order valence-electron chi connectivity index (χ4n) is 1.36. The van der Waals surface area contributed by atoms with Gasteiger partial charge in [0.1, 0.15) is 11.4 Å². The highest BCUT2D eigenvalue weighted by Crippen LogP contribution is 2.25. The predicted molar refractivity (Wildman–Crippen MR) is 56.7 cm³/mol. The molecule has 6 heteroatoms. The van der Waals surface area contributed by atoms with E-state index < -0.39 is 5.91 Å². The van der Waals surface area contributed by atoms with Gasteiger partial charge in [0.15, 0.2) is 5.69 Å². The quantitative estimate of drug-likeness (QED) is 0.685. The number of aromatic hydroxyl groups is 1. The number of aromatic nitrogens is 3. The molecule has 0 spiro atoms. The summed E-state index contributed by atoms with van der Waals surface area (Å²) >= 11 is 0. The number of nitrogens with zero attached hydrogens (tertiary/aromatic N) is 2. The number of aromatic amines is 1. The van der Waals surface area contributed by atoms with Crippen molar-refractivity contribution in [1.82, 2.24) is 15.4 Å². The first-order valence-electron chi connectivity index (χ1n) is 4.60. The van der Waals surface area contributed by atoms with E-state index in [1.165, 1.54) is 6.07 Å². The number of nitrogens with two attached hydrogens (primary N) is 1. The van der Waals surface area contributed by atoms with Crippen LogP contribution in [0.1, 0.15) is 16.1 Å². The Morgan fingerprint density at radius 1 is 1.44 bits per heavy atom. The number of primary amides is 1. The lowest BCUT2D eigenvalue weighted by atomic mass is 10.1. The topological polar surface area (TPSA) is 105 Å². The van der Waals surface area contributed by atoms with Crippen LogP contribution in [0.2, 0.25) is 0 Å². The van der Waals surface area contributed by atoms with Gasteiger partial charge in [-0.1, -0.05) is 12.1 Å². The number of amides is 1. The average molecular weight is 218 g/mol. The second-order valence-electron chi connectivity index (χ2n) is 3.39. The summed E-state index contributed by atoms with van der Waals surface area (Å²) in [6.07, 6.45) is 0. The fourth-order valence-corrected chi connectivity index (χ4v) is 1.36. The molecule has 82 valence electrons. The zero-order valence-electron chi connectivity index (χ0n) is 8.56. The Bertz CT molecular complexity index is 548. The van der Waals surface area contributed by atoms with Gasteiger partial charge in [0, 0.05) is 5.56 Å². The van der Waals surface area contributed by atoms with Gasteiger partial charge in [-0.05, 0) is 18.6 Å². The molecule has 0 saturated heterocycles. The number of carbonyl (C=O) groups is 1. The minimum Gasteiger partial charge on any atom is -0.508 e. The van der Waals surface area contributed by atoms with Gasteiger partial charge in [-0.2, -0.15) is 15.4 Å². The number of hydrogen-bond acceptors (Lipinski definition) is 4. The van der Waals surface area contributed by atoms with Gasteiger partial charge >= 0.3 is 0 Å². The molecule has 2 rings (SSSR count). The summed E-state index contributed by atoms with van der Waals surface area (Å²) in [7, 11) is 0. The molecule has 0 aliphatic carbocycles. The number of aryl methyl sites for hydroxylation is 1. The number of phenols is 1. The van der Waals surface area contributed by atoms with Crippen LogP contribution in [0.5, 0.6) is 5.75 Å². The number of hydrogen-bond donors (Lipinski definition) is 3. The minimum absolute atomic E-state index is 0.0586. The van der Waals surface area contributed by atoms with Crippen molar-refractivity contribution in [3.8, 4) is 17.0 Å². The third-order valence-corrected chi connectivity index (χ3v) is 2.26. The minimum atomic E-state index is -0.663. The molecule has 16 heavy (non-hydrogen) atoms. The van der Waals surface area contributed by atoms with Crippen LogP contribution < -0.4 is 5.73 Å². The van der Waals surface area contributed by atoms with E-state index in [1.807, 2.05) is 0 Å². The maximum atomic E-state index is 11.0. The highest BCUT2D eigenvalue weighted by molar-refractivity contribution is 5.96. The van der Waals surface area contributed by atoms with Gasteiger partial charge in [-0.3, -0.25) is 4.79 Å². The molecule has 0 radical (unpaired) electrons. The molecule has 1 amide bonds. The molecule has 0 aliphatic rings. The van der Waals surface area contributed by atoms with E-state index in [0.717, 1.165) is 5.56 Å². The molecule has 1 heterocycles. The Kier molecular flexibility index (Phi) is 2.32. The Labute approximate surface area is 91.1 Å². The van der Waals surface area contributed by atoms with Crippen molar-refractivity contribution < 1.29 is 9.90 Å². The lowest BCUT2D eigenvalue weighted by Gasteiger charge is -2.01. The lowest BCUT2D eigenvalue weighted by Crippen LogP contribution is -2.12. The van der Waals surface area contributed by atoms with E-state index in [1.54, 1.807) is 19.1 Å². The molecule has 1 aromatic heterocycles. The number of rotatable bonds is 2. The number of carbonyl (C=O) groups excluding carboxylic acids is 1. The molecule has 6 nitrogen and oxygen atoms in total. The van der Waals surface area contributed by atoms with E-state index in [0.29, 0.717) is 11.3 Å². The highest BCUT2D eigenvalue weighted by Gasteiger charge is 2.15. The van der Waals surface area contributed by atoms with E-state index in [4.69, 9.17) is 5.73 Å². The number of phenolic OH excluding ortho intramolecular Hbond substituents is 1. The second-order valence-corrected chi connectivity index (χ2v) is 3.39. The molecule has 0 saturated carbocycles. The van der Waals surface area contributed by atoms with Gasteiger partial charge < -0.3 is 10.8 Å².